The van der Waals surface area contributed by atoms with E-state index in [0.717, 1.165) is 20.0 Å². The van der Waals surface area contributed by atoms with Crippen LogP contribution in [0.4, 0.5) is 5.69 Å². The normalized spacial score (nSPS) is 11.0. The Kier molecular flexibility index (Phi) is 2.87. The van der Waals surface area contributed by atoms with Gasteiger partial charge < -0.3 is 10.2 Å². The van der Waals surface area contributed by atoms with E-state index in [0.29, 0.717) is 17.2 Å². The minimum absolute atomic E-state index is 0.587. The van der Waals surface area contributed by atoms with E-state index < -0.39 is 0 Å². The van der Waals surface area contributed by atoms with E-state index >= 15 is 0 Å². The molecule has 3 nitrogen and oxygen atoms in total. The zero-order chi connectivity index (χ0) is 12.7. The number of nitrogens with two attached hydrogens (primary N) is 1. The van der Waals surface area contributed by atoms with Gasteiger partial charge in [-0.15, -0.1) is 0 Å². The van der Waals surface area contributed by atoms with Gasteiger partial charge in [-0.1, -0.05) is 18.2 Å². The van der Waals surface area contributed by atoms with Gasteiger partial charge in [0.25, 0.3) is 0 Å². The number of nitrogens with zero attached hydrogens (tertiary/aromatic N) is 1. The van der Waals surface area contributed by atoms with Crippen molar-refractivity contribution in [1.82, 2.24) is 4.98 Å². The minimum Gasteiger partial charge on any atom is -0.435 e. The zero-order valence-corrected chi connectivity index (χ0v) is 12.3. The van der Waals surface area contributed by atoms with E-state index in [4.69, 9.17) is 10.2 Å². The fourth-order valence-electron chi connectivity index (χ4n) is 1.72. The number of hydrogen-bond donors (Lipinski definition) is 1. The summed E-state index contributed by atoms with van der Waals surface area (Å²) in [5.41, 5.74) is 8.89. The summed E-state index contributed by atoms with van der Waals surface area (Å²) in [6, 6.07) is 11.6. The predicted molar refractivity (Wildman–Crippen MR) is 79.3 cm³/mol. The van der Waals surface area contributed by atoms with E-state index in [1.54, 1.807) is 0 Å². The molecule has 0 atom stereocenters. The number of oxazole rings is 1. The van der Waals surface area contributed by atoms with Gasteiger partial charge in [-0.25, -0.2) is 4.98 Å². The number of hydrogen-bond acceptors (Lipinski definition) is 3. The molecule has 0 radical (unpaired) electrons. The van der Waals surface area contributed by atoms with E-state index in [2.05, 4.69) is 36.8 Å². The van der Waals surface area contributed by atoms with Gasteiger partial charge in [-0.05, 0) is 50.1 Å². The monoisotopic (exact) mass is 366 g/mol. The Morgan fingerprint density at radius 2 is 1.83 bits per heavy atom. The summed E-state index contributed by atoms with van der Waals surface area (Å²) in [4.78, 5) is 4.46. The molecule has 0 fully saturated rings. The molecule has 0 bridgehead atoms. The average molecular weight is 368 g/mol. The molecule has 18 heavy (non-hydrogen) atoms. The van der Waals surface area contributed by atoms with Crippen molar-refractivity contribution in [3.8, 4) is 11.5 Å². The highest BCUT2D eigenvalue weighted by Gasteiger charge is 2.14. The number of rotatable bonds is 1. The molecule has 0 unspecified atom stereocenters. The van der Waals surface area contributed by atoms with Gasteiger partial charge in [-0.3, -0.25) is 0 Å². The van der Waals surface area contributed by atoms with E-state index in [9.17, 15) is 0 Å². The molecule has 0 aliphatic carbocycles. The number of anilines is 1. The van der Waals surface area contributed by atoms with Crippen LogP contribution in [0.1, 0.15) is 0 Å². The number of aromatic nitrogens is 1. The van der Waals surface area contributed by atoms with Crippen molar-refractivity contribution in [2.45, 2.75) is 0 Å². The third-order valence-corrected chi connectivity index (χ3v) is 4.07. The smallest absolute Gasteiger partial charge is 0.227 e. The van der Waals surface area contributed by atoms with Gasteiger partial charge in [0.05, 0.1) is 10.2 Å². The summed E-state index contributed by atoms with van der Waals surface area (Å²) in [6.45, 7) is 0. The molecule has 0 aliphatic heterocycles. The van der Waals surface area contributed by atoms with E-state index in [1.165, 1.54) is 0 Å². The number of benzene rings is 2. The summed E-state index contributed by atoms with van der Waals surface area (Å²) in [6.07, 6.45) is 0. The molecule has 3 rings (SSSR count). The lowest BCUT2D eigenvalue weighted by molar-refractivity contribution is 0.618. The highest BCUT2D eigenvalue weighted by molar-refractivity contribution is 9.11. The maximum absolute atomic E-state index is 5.91. The van der Waals surface area contributed by atoms with Crippen LogP contribution in [-0.4, -0.2) is 4.98 Å². The standard InChI is InChI=1S/C13H8Br2N2O/c14-8-6-9-12(10(15)11(8)16)18-13(17-9)7-4-2-1-3-5-7/h1-6H,16H2. The molecule has 5 heteroatoms. The molecule has 2 aromatic carbocycles. The molecule has 2 N–H and O–H groups in total. The van der Waals surface area contributed by atoms with Crippen LogP contribution in [0.5, 0.6) is 0 Å². The first-order chi connectivity index (χ1) is 8.66. The third-order valence-electron chi connectivity index (χ3n) is 2.63. The lowest BCUT2D eigenvalue weighted by Gasteiger charge is -2.00. The SMILES string of the molecule is Nc1c(Br)cc2nc(-c3ccccc3)oc2c1Br. The van der Waals surface area contributed by atoms with Crippen LogP contribution in [0.2, 0.25) is 0 Å². The second-order valence-corrected chi connectivity index (χ2v) is 5.47. The van der Waals surface area contributed by atoms with Gasteiger partial charge in [0.2, 0.25) is 5.89 Å². The van der Waals surface area contributed by atoms with Crippen molar-refractivity contribution in [2.75, 3.05) is 5.73 Å². The minimum atomic E-state index is 0.587. The van der Waals surface area contributed by atoms with Crippen LogP contribution >= 0.6 is 31.9 Å². The summed E-state index contributed by atoms with van der Waals surface area (Å²) >= 11 is 6.82. The van der Waals surface area contributed by atoms with Crippen LogP contribution in [0.15, 0.2) is 49.8 Å². The Labute approximate surface area is 120 Å². The van der Waals surface area contributed by atoms with Gasteiger partial charge in [0.15, 0.2) is 5.58 Å². The van der Waals surface area contributed by atoms with Crippen LogP contribution in [0.3, 0.4) is 0 Å². The molecule has 0 saturated carbocycles. The molecule has 0 saturated heterocycles. The number of nitrogen functional groups attached to an aromatic ring is 1. The maximum Gasteiger partial charge on any atom is 0.227 e. The zero-order valence-electron chi connectivity index (χ0n) is 9.15. The van der Waals surface area contributed by atoms with Crippen LogP contribution in [0.25, 0.3) is 22.6 Å². The molecule has 0 amide bonds. The van der Waals surface area contributed by atoms with Gasteiger partial charge >= 0.3 is 0 Å². The summed E-state index contributed by atoms with van der Waals surface area (Å²) in [7, 11) is 0. The third kappa shape index (κ3) is 1.83. The number of halogens is 2. The quantitative estimate of drug-likeness (QED) is 0.639. The van der Waals surface area contributed by atoms with Crippen LogP contribution in [0, 0.1) is 0 Å². The van der Waals surface area contributed by atoms with Crippen LogP contribution < -0.4 is 5.73 Å². The lowest BCUT2D eigenvalue weighted by Crippen LogP contribution is -1.88. The fraction of sp³-hybridized carbons (Fsp3) is 0. The molecule has 1 aromatic heterocycles. The van der Waals surface area contributed by atoms with Gasteiger partial charge in [0, 0.05) is 10.0 Å². The molecular formula is C13H8Br2N2O. The molecule has 0 aliphatic rings. The highest BCUT2D eigenvalue weighted by Crippen LogP contribution is 2.37. The lowest BCUT2D eigenvalue weighted by atomic mass is 10.2. The summed E-state index contributed by atoms with van der Waals surface area (Å²) < 4.78 is 7.29. The molecule has 0 spiro atoms. The van der Waals surface area contributed by atoms with Gasteiger partial charge in [-0.2, -0.15) is 0 Å². The van der Waals surface area contributed by atoms with E-state index in [1.807, 2.05) is 36.4 Å². The van der Waals surface area contributed by atoms with E-state index in [-0.39, 0.29) is 0 Å². The first-order valence-corrected chi connectivity index (χ1v) is 6.85. The first kappa shape index (κ1) is 11.7. The fourth-order valence-corrected chi connectivity index (χ4v) is 2.89. The van der Waals surface area contributed by atoms with Gasteiger partial charge in [0.1, 0.15) is 5.52 Å². The largest absolute Gasteiger partial charge is 0.435 e. The molecule has 3 aromatic rings. The molecular weight excluding hydrogens is 360 g/mol. The van der Waals surface area contributed by atoms with Crippen molar-refractivity contribution in [2.24, 2.45) is 0 Å². The van der Waals surface area contributed by atoms with Crippen molar-refractivity contribution in [1.29, 1.82) is 0 Å². The predicted octanol–water partition coefficient (Wildman–Crippen LogP) is 4.60. The highest BCUT2D eigenvalue weighted by atomic mass is 79.9. The summed E-state index contributed by atoms with van der Waals surface area (Å²) in [5, 5.41) is 0. The second kappa shape index (κ2) is 4.40. The van der Waals surface area contributed by atoms with Crippen LogP contribution in [-0.2, 0) is 0 Å². The maximum atomic E-state index is 5.91. The Hall–Kier alpha value is -1.33. The topological polar surface area (TPSA) is 52.0 Å². The van der Waals surface area contributed by atoms with Crippen molar-refractivity contribution < 1.29 is 4.42 Å². The average Bonchev–Trinajstić information content (AvgIpc) is 2.81. The van der Waals surface area contributed by atoms with Crippen molar-refractivity contribution >= 4 is 48.6 Å². The summed E-state index contributed by atoms with van der Waals surface area (Å²) in [5.74, 6) is 0.587. The number of fused-ring (bicyclic) bond motifs is 1. The first-order valence-electron chi connectivity index (χ1n) is 5.26. The second-order valence-electron chi connectivity index (χ2n) is 3.82. The Bertz CT molecular complexity index is 723. The van der Waals surface area contributed by atoms with Crippen molar-refractivity contribution in [3.05, 3.63) is 45.3 Å². The Morgan fingerprint density at radius 1 is 1.11 bits per heavy atom. The molecule has 1 heterocycles. The molecule has 90 valence electrons. The Morgan fingerprint density at radius 3 is 2.56 bits per heavy atom. The Balaban J connectivity index is 2.27. The van der Waals surface area contributed by atoms with Crippen molar-refractivity contribution in [3.63, 3.8) is 0 Å².